The summed E-state index contributed by atoms with van der Waals surface area (Å²) in [5.41, 5.74) is 0. The van der Waals surface area contributed by atoms with Crippen LogP contribution in [0.1, 0.15) is 47.4 Å². The Kier molecular flexibility index (Phi) is 4.11. The quantitative estimate of drug-likeness (QED) is 0.644. The monoisotopic (exact) mass is 289 g/mol. The van der Waals surface area contributed by atoms with E-state index in [0.717, 1.165) is 11.6 Å². The van der Waals surface area contributed by atoms with Crippen LogP contribution in [-0.2, 0) is 7.05 Å². The second-order valence-corrected chi connectivity index (χ2v) is 12.2. The number of nitrogens with zero attached hydrogens (tertiary/aromatic N) is 3. The minimum Gasteiger partial charge on any atom is -0.317 e. The summed E-state index contributed by atoms with van der Waals surface area (Å²) in [6, 6.07) is 0. The molecule has 1 heterocycles. The molecule has 0 aromatic carbocycles. The number of hydrogen-bond acceptors (Lipinski definition) is 2. The molecule has 0 N–H and O–H groups in total. The molecular formula is C13H25ClN3P. The normalized spacial score (nSPS) is 13.8. The Balaban J connectivity index is 3.52. The maximum atomic E-state index is 7.01. The van der Waals surface area contributed by atoms with E-state index in [9.17, 15) is 0 Å². The van der Waals surface area contributed by atoms with Crippen LogP contribution >= 0.6 is 17.6 Å². The van der Waals surface area contributed by atoms with Crippen LogP contribution in [0, 0.1) is 6.92 Å². The van der Waals surface area contributed by atoms with E-state index in [1.807, 2.05) is 24.7 Å². The fourth-order valence-electron chi connectivity index (χ4n) is 2.03. The van der Waals surface area contributed by atoms with Crippen molar-refractivity contribution in [3.8, 4) is 0 Å². The predicted molar refractivity (Wildman–Crippen MR) is 82.3 cm³/mol. The minimum absolute atomic E-state index is 0.0367. The molecule has 3 nitrogen and oxygen atoms in total. The minimum atomic E-state index is -2.04. The van der Waals surface area contributed by atoms with E-state index in [1.54, 1.807) is 0 Å². The Morgan fingerprint density at radius 2 is 1.61 bits per heavy atom. The summed E-state index contributed by atoms with van der Waals surface area (Å²) in [6.07, 6.45) is -0.227. The predicted octanol–water partition coefficient (Wildman–Crippen LogP) is 5.31. The van der Waals surface area contributed by atoms with Crippen LogP contribution in [0.3, 0.4) is 0 Å². The molecule has 0 saturated heterocycles. The van der Waals surface area contributed by atoms with Crippen molar-refractivity contribution in [2.45, 2.75) is 58.8 Å². The second-order valence-electron chi connectivity index (χ2n) is 6.72. The first-order valence-corrected chi connectivity index (χ1v) is 8.85. The summed E-state index contributed by atoms with van der Waals surface area (Å²) >= 11 is 7.01. The number of aryl methyl sites for hydroxylation is 1. The zero-order valence-electron chi connectivity index (χ0n) is 12.7. The number of hydrogen-bond donors (Lipinski definition) is 0. The number of aromatic nitrogens is 2. The Morgan fingerprint density at radius 1 is 1.17 bits per heavy atom. The van der Waals surface area contributed by atoms with Gasteiger partial charge in [-0.05, 0) is 6.92 Å². The molecule has 18 heavy (non-hydrogen) atoms. The second kappa shape index (κ2) is 4.68. The molecular weight excluding hydrogens is 265 g/mol. The Labute approximate surface area is 116 Å². The maximum Gasteiger partial charge on any atom is 0.152 e. The van der Waals surface area contributed by atoms with Gasteiger partial charge in [0.1, 0.15) is 5.82 Å². The number of halogens is 1. The molecule has 0 aliphatic carbocycles. The Morgan fingerprint density at radius 3 is 1.89 bits per heavy atom. The molecule has 0 amide bonds. The molecule has 0 bridgehead atoms. The van der Waals surface area contributed by atoms with Gasteiger partial charge >= 0.3 is 0 Å². The SMILES string of the molecule is Cc1ncc(N=P(Cl)(C(C)(C)C)C(C)(C)C)n1C. The largest absolute Gasteiger partial charge is 0.317 e. The van der Waals surface area contributed by atoms with E-state index < -0.39 is 6.41 Å². The lowest BCUT2D eigenvalue weighted by molar-refractivity contribution is 0.707. The smallest absolute Gasteiger partial charge is 0.152 e. The summed E-state index contributed by atoms with van der Waals surface area (Å²) in [4.78, 5) is 4.29. The summed E-state index contributed by atoms with van der Waals surface area (Å²) < 4.78 is 6.93. The molecule has 0 fully saturated rings. The van der Waals surface area contributed by atoms with Gasteiger partial charge in [-0.25, -0.2) is 9.73 Å². The van der Waals surface area contributed by atoms with E-state index in [-0.39, 0.29) is 10.3 Å². The van der Waals surface area contributed by atoms with Gasteiger partial charge in [-0.2, -0.15) is 0 Å². The van der Waals surface area contributed by atoms with Crippen LogP contribution in [0.5, 0.6) is 0 Å². The highest BCUT2D eigenvalue weighted by Crippen LogP contribution is 2.74. The summed E-state index contributed by atoms with van der Waals surface area (Å²) in [6.45, 7) is 15.0. The standard InChI is InChI=1S/C13H25ClN3P/c1-10-15-9-11(17(10)8)16-18(14,12(2,3)4)13(5,6)7/h9H,1-8H3. The molecule has 0 radical (unpaired) electrons. The van der Waals surface area contributed by atoms with E-state index in [2.05, 4.69) is 46.5 Å². The molecule has 0 saturated carbocycles. The van der Waals surface area contributed by atoms with Crippen molar-refractivity contribution in [2.75, 3.05) is 0 Å². The topological polar surface area (TPSA) is 30.2 Å². The van der Waals surface area contributed by atoms with Gasteiger partial charge in [0.05, 0.1) is 12.6 Å². The summed E-state index contributed by atoms with van der Waals surface area (Å²) in [5.74, 6) is 1.83. The first-order chi connectivity index (χ1) is 7.90. The van der Waals surface area contributed by atoms with Gasteiger partial charge in [0.15, 0.2) is 5.82 Å². The molecule has 0 aliphatic heterocycles. The first-order valence-electron chi connectivity index (χ1n) is 6.20. The molecule has 0 unspecified atom stereocenters. The number of imidazole rings is 1. The lowest BCUT2D eigenvalue weighted by Gasteiger charge is -2.41. The molecule has 0 aliphatic rings. The van der Waals surface area contributed by atoms with Crippen LogP contribution in [0.15, 0.2) is 10.9 Å². The summed E-state index contributed by atoms with van der Waals surface area (Å²) in [7, 11) is 1.98. The Bertz CT molecular complexity index is 471. The van der Waals surface area contributed by atoms with Crippen molar-refractivity contribution in [3.05, 3.63) is 12.0 Å². The molecule has 0 atom stereocenters. The maximum absolute atomic E-state index is 7.01. The van der Waals surface area contributed by atoms with Gasteiger partial charge in [-0.15, -0.1) is 0 Å². The van der Waals surface area contributed by atoms with Crippen molar-refractivity contribution in [1.29, 1.82) is 0 Å². The van der Waals surface area contributed by atoms with E-state index in [4.69, 9.17) is 16.0 Å². The highest BCUT2D eigenvalue weighted by Gasteiger charge is 2.42. The summed E-state index contributed by atoms with van der Waals surface area (Å²) in [5, 5.41) is -0.0735. The lowest BCUT2D eigenvalue weighted by Crippen LogP contribution is -2.25. The molecule has 1 rings (SSSR count). The third-order valence-electron chi connectivity index (χ3n) is 3.21. The third-order valence-corrected chi connectivity index (χ3v) is 10.5. The van der Waals surface area contributed by atoms with Crippen LogP contribution in [0.25, 0.3) is 0 Å². The van der Waals surface area contributed by atoms with Crippen LogP contribution in [0.2, 0.25) is 0 Å². The molecule has 104 valence electrons. The molecule has 1 aromatic heterocycles. The van der Waals surface area contributed by atoms with Gasteiger partial charge in [0.25, 0.3) is 0 Å². The van der Waals surface area contributed by atoms with Crippen molar-refractivity contribution >= 4 is 23.5 Å². The van der Waals surface area contributed by atoms with E-state index in [0.29, 0.717) is 0 Å². The fourth-order valence-corrected chi connectivity index (χ4v) is 5.34. The van der Waals surface area contributed by atoms with Crippen molar-refractivity contribution in [2.24, 2.45) is 11.8 Å². The van der Waals surface area contributed by atoms with Gasteiger partial charge < -0.3 is 4.57 Å². The average molecular weight is 290 g/mol. The van der Waals surface area contributed by atoms with Gasteiger partial charge in [0.2, 0.25) is 0 Å². The van der Waals surface area contributed by atoms with Crippen molar-refractivity contribution < 1.29 is 0 Å². The van der Waals surface area contributed by atoms with E-state index in [1.165, 1.54) is 0 Å². The van der Waals surface area contributed by atoms with Crippen molar-refractivity contribution in [1.82, 2.24) is 9.55 Å². The highest BCUT2D eigenvalue weighted by atomic mass is 35.7. The van der Waals surface area contributed by atoms with E-state index >= 15 is 0 Å². The van der Waals surface area contributed by atoms with Crippen LogP contribution < -0.4 is 0 Å². The molecule has 0 spiro atoms. The van der Waals surface area contributed by atoms with Gasteiger partial charge in [0, 0.05) is 17.4 Å². The zero-order chi connectivity index (χ0) is 14.4. The van der Waals surface area contributed by atoms with Gasteiger partial charge in [-0.1, -0.05) is 52.8 Å². The van der Waals surface area contributed by atoms with Crippen LogP contribution in [-0.4, -0.2) is 19.9 Å². The molecule has 1 aromatic rings. The van der Waals surface area contributed by atoms with Crippen LogP contribution in [0.4, 0.5) is 5.82 Å². The zero-order valence-corrected chi connectivity index (χ0v) is 14.4. The average Bonchev–Trinajstić information content (AvgIpc) is 2.46. The first kappa shape index (κ1) is 15.8. The number of rotatable bonds is 1. The third kappa shape index (κ3) is 2.67. The van der Waals surface area contributed by atoms with Gasteiger partial charge in [-0.3, -0.25) is 0 Å². The fraction of sp³-hybridized carbons (Fsp3) is 0.769. The molecule has 5 heteroatoms. The van der Waals surface area contributed by atoms with Crippen molar-refractivity contribution in [3.63, 3.8) is 0 Å². The Hall–Kier alpha value is -0.270. The lowest BCUT2D eigenvalue weighted by atomic mass is 10.2. The highest BCUT2D eigenvalue weighted by molar-refractivity contribution is 7.93.